The summed E-state index contributed by atoms with van der Waals surface area (Å²) < 4.78 is 0. The third-order valence-electron chi connectivity index (χ3n) is 7.10. The average molecular weight is 562 g/mol. The molecule has 1 nitrogen and oxygen atoms in total. The van der Waals surface area contributed by atoms with E-state index in [0.29, 0.717) is 0 Å². The summed E-state index contributed by atoms with van der Waals surface area (Å²) in [6, 6.07) is 2.24. The normalized spacial score (nSPS) is 11.3. The van der Waals surface area contributed by atoms with Crippen LogP contribution in [0.15, 0.2) is 82.0 Å². The second-order valence-corrected chi connectivity index (χ2v) is 10.5. The summed E-state index contributed by atoms with van der Waals surface area (Å²) in [5, 5.41) is 3.27. The van der Waals surface area contributed by atoms with Crippen molar-refractivity contribution in [1.82, 2.24) is 0 Å². The summed E-state index contributed by atoms with van der Waals surface area (Å²) in [5.74, 6) is 0. The van der Waals surface area contributed by atoms with Crippen molar-refractivity contribution in [1.29, 1.82) is 0 Å². The van der Waals surface area contributed by atoms with Crippen molar-refractivity contribution in [3.8, 4) is 0 Å². The van der Waals surface area contributed by atoms with E-state index in [9.17, 15) is 0 Å². The molecule has 0 atom stereocenters. The highest BCUT2D eigenvalue weighted by Gasteiger charge is 2.16. The van der Waals surface area contributed by atoms with E-state index in [4.69, 9.17) is 0 Å². The number of benzene rings is 1. The van der Waals surface area contributed by atoms with Crippen LogP contribution >= 0.6 is 0 Å². The van der Waals surface area contributed by atoms with Crippen LogP contribution in [-0.2, 0) is 0 Å². The molecule has 0 amide bonds. The van der Waals surface area contributed by atoms with Gasteiger partial charge in [0.2, 0.25) is 0 Å². The Morgan fingerprint density at radius 2 is 1.29 bits per heavy atom. The zero-order chi connectivity index (χ0) is 33.0. The van der Waals surface area contributed by atoms with Gasteiger partial charge in [0, 0.05) is 12.7 Å². The van der Waals surface area contributed by atoms with Gasteiger partial charge in [-0.05, 0) is 138 Å². The average Bonchev–Trinajstić information content (AvgIpc) is 2.94. The Morgan fingerprint density at radius 1 is 0.780 bits per heavy atom. The first-order valence-electron chi connectivity index (χ1n) is 15.7. The van der Waals surface area contributed by atoms with E-state index in [1.165, 1.54) is 67.0 Å². The van der Waals surface area contributed by atoms with Crippen LogP contribution in [0.1, 0.15) is 132 Å². The molecule has 0 saturated carbocycles. The van der Waals surface area contributed by atoms with E-state index in [2.05, 4.69) is 119 Å². The molecule has 0 aliphatic rings. The number of hydrogen-bond donors (Lipinski definition) is 1. The molecule has 41 heavy (non-hydrogen) atoms. The minimum absolute atomic E-state index is 0.978. The predicted molar refractivity (Wildman–Crippen MR) is 195 cm³/mol. The molecule has 0 unspecified atom stereocenters. The maximum absolute atomic E-state index is 4.27. The first kappa shape index (κ1) is 42.7. The van der Waals surface area contributed by atoms with E-state index in [1.807, 2.05) is 41.7 Å². The van der Waals surface area contributed by atoms with Crippen molar-refractivity contribution in [2.75, 3.05) is 12.4 Å². The topological polar surface area (TPSA) is 12.0 Å². The Kier molecular flexibility index (Phi) is 23.8. The maximum Gasteiger partial charge on any atom is 0.0400 e. The second-order valence-electron chi connectivity index (χ2n) is 10.5. The number of nitrogens with one attached hydrogen (secondary N) is 1. The van der Waals surface area contributed by atoms with Crippen molar-refractivity contribution < 1.29 is 0 Å². The third-order valence-corrected chi connectivity index (χ3v) is 7.10. The molecular formula is C40H67N. The van der Waals surface area contributed by atoms with Crippen molar-refractivity contribution in [2.24, 2.45) is 0 Å². The van der Waals surface area contributed by atoms with Gasteiger partial charge in [-0.3, -0.25) is 0 Å². The maximum atomic E-state index is 4.27. The lowest BCUT2D eigenvalue weighted by Crippen LogP contribution is -2.03. The van der Waals surface area contributed by atoms with Gasteiger partial charge in [-0.25, -0.2) is 0 Å². The summed E-state index contributed by atoms with van der Waals surface area (Å²) in [6.45, 7) is 46.3. The van der Waals surface area contributed by atoms with E-state index >= 15 is 0 Å². The molecule has 0 aliphatic heterocycles. The minimum atomic E-state index is 0.978. The van der Waals surface area contributed by atoms with Crippen LogP contribution in [0.25, 0.3) is 6.08 Å². The van der Waals surface area contributed by atoms with Gasteiger partial charge in [0.15, 0.2) is 0 Å². The quantitative estimate of drug-likeness (QED) is 0.280. The van der Waals surface area contributed by atoms with Gasteiger partial charge in [0.05, 0.1) is 0 Å². The highest BCUT2D eigenvalue weighted by Crippen LogP contribution is 2.35. The first-order chi connectivity index (χ1) is 19.2. The smallest absolute Gasteiger partial charge is 0.0400 e. The van der Waals surface area contributed by atoms with Gasteiger partial charge >= 0.3 is 0 Å². The first-order valence-corrected chi connectivity index (χ1v) is 15.7. The second kappa shape index (κ2) is 22.8. The standard InChI is InChI=1S/C20H32.C16H23N.2C2H6/c1-10-13-18(16(8)11-2)20(15(6)7)19(14(4)5)17(9)12-3;1-10(2)11(3)8-15-9-12(4)16(17-7)14(6)13(15)5;2*1-2/h11H,6,9-10,12-13H2,1-5,7-8H3;8-9,17H,1H2,2-7H3;2*1-2H3/b16-11-,20-18+;11-8+;;. The monoisotopic (exact) mass is 562 g/mol. The number of rotatable bonds is 10. The van der Waals surface area contributed by atoms with E-state index in [-0.39, 0.29) is 0 Å². The van der Waals surface area contributed by atoms with Crippen molar-refractivity contribution in [2.45, 2.75) is 130 Å². The molecular weight excluding hydrogens is 494 g/mol. The van der Waals surface area contributed by atoms with Crippen LogP contribution in [-0.4, -0.2) is 7.05 Å². The summed E-state index contributed by atoms with van der Waals surface area (Å²) in [4.78, 5) is 0. The van der Waals surface area contributed by atoms with Gasteiger partial charge in [-0.2, -0.15) is 0 Å². The molecule has 1 aromatic rings. The molecule has 1 N–H and O–H groups in total. The molecule has 0 heterocycles. The van der Waals surface area contributed by atoms with Crippen molar-refractivity contribution >= 4 is 11.8 Å². The number of aryl methyl sites for hydroxylation is 1. The number of anilines is 1. The molecule has 0 spiro atoms. The Balaban J connectivity index is -0.000000632. The van der Waals surface area contributed by atoms with E-state index in [0.717, 1.165) is 30.4 Å². The fraction of sp³-hybridized carbons (Fsp3) is 0.500. The third kappa shape index (κ3) is 13.6. The minimum Gasteiger partial charge on any atom is -0.388 e. The van der Waals surface area contributed by atoms with Gasteiger partial charge in [0.1, 0.15) is 0 Å². The fourth-order valence-electron chi connectivity index (χ4n) is 4.53. The molecule has 0 aliphatic carbocycles. The molecule has 1 rings (SSSR count). The highest BCUT2D eigenvalue weighted by molar-refractivity contribution is 5.69. The molecule has 0 saturated heterocycles. The van der Waals surface area contributed by atoms with Gasteiger partial charge in [-0.15, -0.1) is 0 Å². The van der Waals surface area contributed by atoms with E-state index < -0.39 is 0 Å². The fourth-order valence-corrected chi connectivity index (χ4v) is 4.53. The zero-order valence-electron chi connectivity index (χ0n) is 30.5. The summed E-state index contributed by atoms with van der Waals surface area (Å²) in [5.41, 5.74) is 17.9. The predicted octanol–water partition coefficient (Wildman–Crippen LogP) is 13.6. The lowest BCUT2D eigenvalue weighted by molar-refractivity contribution is 0.897. The van der Waals surface area contributed by atoms with Gasteiger partial charge < -0.3 is 5.32 Å². The van der Waals surface area contributed by atoms with Crippen LogP contribution < -0.4 is 5.32 Å². The Morgan fingerprint density at radius 3 is 1.63 bits per heavy atom. The van der Waals surface area contributed by atoms with E-state index in [1.54, 1.807) is 0 Å². The lowest BCUT2D eigenvalue weighted by Gasteiger charge is -2.22. The number of hydrogen-bond acceptors (Lipinski definition) is 1. The zero-order valence-corrected chi connectivity index (χ0v) is 30.5. The van der Waals surface area contributed by atoms with Gasteiger partial charge in [-0.1, -0.05) is 102 Å². The van der Waals surface area contributed by atoms with Crippen LogP contribution in [0, 0.1) is 20.8 Å². The molecule has 0 aromatic heterocycles. The summed E-state index contributed by atoms with van der Waals surface area (Å²) in [7, 11) is 1.98. The molecule has 1 aromatic carbocycles. The summed E-state index contributed by atoms with van der Waals surface area (Å²) in [6.07, 6.45) is 7.63. The Bertz CT molecular complexity index is 1120. The lowest BCUT2D eigenvalue weighted by atomic mass is 9.83. The Hall–Kier alpha value is -2.80. The SMILES string of the molecule is C=C(C)/C(C)=C/c1cc(C)c(NC)c(C)c1C.C=C(CC)C(=C(C)C)/C(C(=C)C)=C(CCC)/C(C)=C\C.CC.CC. The van der Waals surface area contributed by atoms with Crippen LogP contribution in [0.4, 0.5) is 5.69 Å². The molecule has 1 heteroatoms. The number of allylic oxidation sites excluding steroid dienone is 10. The molecule has 232 valence electrons. The van der Waals surface area contributed by atoms with Gasteiger partial charge in [0.25, 0.3) is 0 Å². The summed E-state index contributed by atoms with van der Waals surface area (Å²) >= 11 is 0. The molecule has 0 radical (unpaired) electrons. The highest BCUT2D eigenvalue weighted by atomic mass is 14.8. The van der Waals surface area contributed by atoms with Crippen molar-refractivity contribution in [3.63, 3.8) is 0 Å². The van der Waals surface area contributed by atoms with Crippen LogP contribution in [0.2, 0.25) is 0 Å². The largest absolute Gasteiger partial charge is 0.388 e. The van der Waals surface area contributed by atoms with Crippen LogP contribution in [0.5, 0.6) is 0 Å². The van der Waals surface area contributed by atoms with Crippen LogP contribution in [0.3, 0.4) is 0 Å². The molecule has 0 fully saturated rings. The Labute approximate surface area is 258 Å². The van der Waals surface area contributed by atoms with Crippen molar-refractivity contribution in [3.05, 3.63) is 104 Å². The molecule has 0 bridgehead atoms.